The van der Waals surface area contributed by atoms with Gasteiger partial charge in [-0.2, -0.15) is 13.2 Å². The Morgan fingerprint density at radius 2 is 1.95 bits per heavy atom. The molecule has 0 atom stereocenters. The van der Waals surface area contributed by atoms with Crippen LogP contribution in [-0.4, -0.2) is 16.9 Å². The van der Waals surface area contributed by atoms with E-state index in [4.69, 9.17) is 12.2 Å². The van der Waals surface area contributed by atoms with Gasteiger partial charge in [0.05, 0.1) is 11.3 Å². The Hall–Kier alpha value is -1.96. The van der Waals surface area contributed by atoms with Gasteiger partial charge in [-0.1, -0.05) is 6.07 Å². The lowest BCUT2D eigenvalue weighted by molar-refractivity contribution is -0.137. The van der Waals surface area contributed by atoms with Gasteiger partial charge >= 0.3 is 6.18 Å². The number of carbonyl (C=O) groups excluding carboxylic acids is 2. The molecule has 0 unspecified atom stereocenters. The first-order valence-corrected chi connectivity index (χ1v) is 5.54. The topological polar surface area (TPSA) is 49.4 Å². The number of rotatable bonds is 1. The van der Waals surface area contributed by atoms with Crippen LogP contribution in [0.5, 0.6) is 0 Å². The molecule has 1 saturated heterocycles. The molecular formula is C11H7F3N2O2S. The van der Waals surface area contributed by atoms with Crippen LogP contribution in [0.25, 0.3) is 0 Å². The molecule has 1 aromatic carbocycles. The van der Waals surface area contributed by atoms with Gasteiger partial charge in [0.25, 0.3) is 0 Å². The van der Waals surface area contributed by atoms with E-state index in [0.717, 1.165) is 17.0 Å². The molecule has 0 aromatic heterocycles. The minimum Gasteiger partial charge on any atom is -0.302 e. The lowest BCUT2D eigenvalue weighted by atomic mass is 10.1. The Labute approximate surface area is 111 Å². The summed E-state index contributed by atoms with van der Waals surface area (Å²) in [7, 11) is 0. The van der Waals surface area contributed by atoms with E-state index in [-0.39, 0.29) is 10.8 Å². The highest BCUT2D eigenvalue weighted by Gasteiger charge is 2.33. The molecule has 1 aliphatic heterocycles. The number of amides is 2. The molecular weight excluding hydrogens is 281 g/mol. The van der Waals surface area contributed by atoms with Gasteiger partial charge < -0.3 is 5.32 Å². The number of halogens is 3. The van der Waals surface area contributed by atoms with Crippen LogP contribution in [-0.2, 0) is 15.8 Å². The Morgan fingerprint density at radius 3 is 2.53 bits per heavy atom. The highest BCUT2D eigenvalue weighted by molar-refractivity contribution is 7.80. The van der Waals surface area contributed by atoms with Crippen molar-refractivity contribution in [1.29, 1.82) is 0 Å². The Kier molecular flexibility index (Phi) is 3.27. The summed E-state index contributed by atoms with van der Waals surface area (Å²) in [6, 6.07) is 4.18. The molecule has 0 spiro atoms. The smallest absolute Gasteiger partial charge is 0.302 e. The molecule has 4 nitrogen and oxygen atoms in total. The van der Waals surface area contributed by atoms with Crippen LogP contribution in [0.3, 0.4) is 0 Å². The number of hydrogen-bond acceptors (Lipinski definition) is 3. The predicted octanol–water partition coefficient (Wildman–Crippen LogP) is 1.84. The maximum absolute atomic E-state index is 12.6. The molecule has 1 aliphatic rings. The highest BCUT2D eigenvalue weighted by atomic mass is 32.1. The van der Waals surface area contributed by atoms with Gasteiger partial charge in [0.15, 0.2) is 5.11 Å². The van der Waals surface area contributed by atoms with Gasteiger partial charge in [0.2, 0.25) is 11.8 Å². The molecule has 2 rings (SSSR count). The Balaban J connectivity index is 2.39. The van der Waals surface area contributed by atoms with Crippen molar-refractivity contribution >= 4 is 34.8 Å². The van der Waals surface area contributed by atoms with Crippen LogP contribution < -0.4 is 10.2 Å². The second kappa shape index (κ2) is 4.61. The summed E-state index contributed by atoms with van der Waals surface area (Å²) in [5, 5.41) is 2.01. The molecule has 19 heavy (non-hydrogen) atoms. The van der Waals surface area contributed by atoms with Crippen molar-refractivity contribution in [2.45, 2.75) is 12.6 Å². The second-order valence-electron chi connectivity index (χ2n) is 3.81. The number of hydrogen-bond donors (Lipinski definition) is 1. The van der Waals surface area contributed by atoms with Crippen molar-refractivity contribution in [2.24, 2.45) is 0 Å². The zero-order valence-corrected chi connectivity index (χ0v) is 10.1. The third-order valence-electron chi connectivity index (χ3n) is 2.44. The van der Waals surface area contributed by atoms with E-state index in [1.54, 1.807) is 0 Å². The average Bonchev–Trinajstić information content (AvgIpc) is 2.26. The first-order chi connectivity index (χ1) is 8.79. The molecule has 100 valence electrons. The van der Waals surface area contributed by atoms with Crippen LogP contribution in [0.15, 0.2) is 24.3 Å². The van der Waals surface area contributed by atoms with Crippen LogP contribution in [0.2, 0.25) is 0 Å². The zero-order chi connectivity index (χ0) is 14.2. The van der Waals surface area contributed by atoms with Gasteiger partial charge in [-0.15, -0.1) is 0 Å². The quantitative estimate of drug-likeness (QED) is 0.633. The van der Waals surface area contributed by atoms with Gasteiger partial charge in [-0.25, -0.2) is 0 Å². The zero-order valence-electron chi connectivity index (χ0n) is 9.32. The lowest BCUT2D eigenvalue weighted by Gasteiger charge is -2.27. The standard InChI is InChI=1S/C11H7F3N2O2S/c12-11(13,14)6-2-1-3-7(4-6)16-9(18)5-8(17)15-10(16)19/h1-4H,5H2,(H,15,17,19). The van der Waals surface area contributed by atoms with Crippen molar-refractivity contribution in [3.05, 3.63) is 29.8 Å². The van der Waals surface area contributed by atoms with Gasteiger partial charge in [0, 0.05) is 0 Å². The van der Waals surface area contributed by atoms with Crippen LogP contribution in [0.4, 0.5) is 18.9 Å². The van der Waals surface area contributed by atoms with Crippen molar-refractivity contribution in [2.75, 3.05) is 4.90 Å². The Bertz CT molecular complexity index is 551. The predicted molar refractivity (Wildman–Crippen MR) is 64.3 cm³/mol. The van der Waals surface area contributed by atoms with Crippen molar-refractivity contribution in [3.8, 4) is 0 Å². The third kappa shape index (κ3) is 2.73. The van der Waals surface area contributed by atoms with Crippen molar-refractivity contribution < 1.29 is 22.8 Å². The maximum atomic E-state index is 12.6. The van der Waals surface area contributed by atoms with Crippen molar-refractivity contribution in [3.63, 3.8) is 0 Å². The summed E-state index contributed by atoms with van der Waals surface area (Å²) >= 11 is 4.79. The largest absolute Gasteiger partial charge is 0.416 e. The summed E-state index contributed by atoms with van der Waals surface area (Å²) in [6.45, 7) is 0. The van der Waals surface area contributed by atoms with Crippen molar-refractivity contribution in [1.82, 2.24) is 5.32 Å². The molecule has 1 aromatic rings. The first kappa shape index (κ1) is 13.5. The van der Waals surface area contributed by atoms with Gasteiger partial charge in [-0.05, 0) is 30.4 Å². The number of carbonyl (C=O) groups is 2. The van der Waals surface area contributed by atoms with Crippen LogP contribution in [0, 0.1) is 0 Å². The van der Waals surface area contributed by atoms with E-state index >= 15 is 0 Å². The fourth-order valence-electron chi connectivity index (χ4n) is 1.63. The van der Waals surface area contributed by atoms with Crippen LogP contribution in [0.1, 0.15) is 12.0 Å². The number of nitrogens with zero attached hydrogens (tertiary/aromatic N) is 1. The fraction of sp³-hybridized carbons (Fsp3) is 0.182. The normalized spacial score (nSPS) is 16.6. The van der Waals surface area contributed by atoms with Crippen LogP contribution >= 0.6 is 12.2 Å². The fourth-order valence-corrected chi connectivity index (χ4v) is 1.95. The molecule has 8 heteroatoms. The SMILES string of the molecule is O=C1CC(=O)N(c2cccc(C(F)(F)F)c2)C(=S)N1. The third-order valence-corrected chi connectivity index (χ3v) is 2.73. The molecule has 0 bridgehead atoms. The second-order valence-corrected chi connectivity index (χ2v) is 4.19. The first-order valence-electron chi connectivity index (χ1n) is 5.13. The number of alkyl halides is 3. The van der Waals surface area contributed by atoms with E-state index in [1.165, 1.54) is 12.1 Å². The summed E-state index contributed by atoms with van der Waals surface area (Å²) in [5.41, 5.74) is -0.915. The molecule has 1 heterocycles. The lowest BCUT2D eigenvalue weighted by Crippen LogP contribution is -2.52. The van der Waals surface area contributed by atoms with E-state index in [2.05, 4.69) is 5.32 Å². The molecule has 0 aliphatic carbocycles. The van der Waals surface area contributed by atoms with E-state index in [1.807, 2.05) is 0 Å². The van der Waals surface area contributed by atoms with Gasteiger partial charge in [-0.3, -0.25) is 14.5 Å². The van der Waals surface area contributed by atoms with Gasteiger partial charge in [0.1, 0.15) is 6.42 Å². The van der Waals surface area contributed by atoms with E-state index in [0.29, 0.717) is 0 Å². The maximum Gasteiger partial charge on any atom is 0.416 e. The Morgan fingerprint density at radius 1 is 1.26 bits per heavy atom. The van der Waals surface area contributed by atoms with E-state index < -0.39 is 30.0 Å². The molecule has 1 N–H and O–H groups in total. The highest BCUT2D eigenvalue weighted by Crippen LogP contribution is 2.32. The monoisotopic (exact) mass is 288 g/mol. The number of anilines is 1. The summed E-state index contributed by atoms with van der Waals surface area (Å²) in [5.74, 6) is -1.23. The summed E-state index contributed by atoms with van der Waals surface area (Å²) in [4.78, 5) is 23.6. The minimum atomic E-state index is -4.51. The summed E-state index contributed by atoms with van der Waals surface area (Å²) in [6.07, 6.45) is -4.96. The number of benzene rings is 1. The minimum absolute atomic E-state index is 0.0233. The average molecular weight is 288 g/mol. The molecule has 2 amide bonds. The van der Waals surface area contributed by atoms with E-state index in [9.17, 15) is 22.8 Å². The number of thiocarbonyl (C=S) groups is 1. The molecule has 0 radical (unpaired) electrons. The number of nitrogens with one attached hydrogen (secondary N) is 1. The molecule has 0 saturated carbocycles. The molecule has 1 fully saturated rings. The summed E-state index contributed by atoms with van der Waals surface area (Å²) < 4.78 is 37.8.